The van der Waals surface area contributed by atoms with Gasteiger partial charge in [-0.15, -0.1) is 11.3 Å². The number of amides is 1. The van der Waals surface area contributed by atoms with Crippen LogP contribution in [0.4, 0.5) is 8.78 Å². The largest absolute Gasteiger partial charge is 0.435 e. The molecule has 144 valence electrons. The SMILES string of the molecule is CC(NC(=O)c1ccccc1C(=O)c1cccs1)c1cccc(OC(F)F)c1. The lowest BCUT2D eigenvalue weighted by Crippen LogP contribution is -2.28. The normalized spacial score (nSPS) is 11.9. The van der Waals surface area contributed by atoms with Crippen LogP contribution in [0.15, 0.2) is 66.0 Å². The van der Waals surface area contributed by atoms with Gasteiger partial charge in [0.05, 0.1) is 16.5 Å². The summed E-state index contributed by atoms with van der Waals surface area (Å²) in [7, 11) is 0. The Morgan fingerprint density at radius 3 is 2.43 bits per heavy atom. The molecule has 0 radical (unpaired) electrons. The Balaban J connectivity index is 1.79. The summed E-state index contributed by atoms with van der Waals surface area (Å²) in [5.74, 6) is -0.629. The summed E-state index contributed by atoms with van der Waals surface area (Å²) in [5.41, 5.74) is 1.17. The van der Waals surface area contributed by atoms with E-state index in [1.807, 2.05) is 0 Å². The third-order valence-electron chi connectivity index (χ3n) is 4.09. The van der Waals surface area contributed by atoms with Crippen LogP contribution in [-0.4, -0.2) is 18.3 Å². The van der Waals surface area contributed by atoms with Crippen LogP contribution in [0.3, 0.4) is 0 Å². The van der Waals surface area contributed by atoms with Crippen molar-refractivity contribution in [2.24, 2.45) is 0 Å². The number of hydrogen-bond acceptors (Lipinski definition) is 4. The summed E-state index contributed by atoms with van der Waals surface area (Å²) in [6, 6.07) is 15.7. The van der Waals surface area contributed by atoms with Gasteiger partial charge in [-0.3, -0.25) is 9.59 Å². The summed E-state index contributed by atoms with van der Waals surface area (Å²) >= 11 is 1.31. The number of nitrogens with one attached hydrogen (secondary N) is 1. The monoisotopic (exact) mass is 401 g/mol. The van der Waals surface area contributed by atoms with Crippen molar-refractivity contribution in [3.63, 3.8) is 0 Å². The molecular weight excluding hydrogens is 384 g/mol. The number of rotatable bonds is 7. The Morgan fingerprint density at radius 2 is 1.75 bits per heavy atom. The van der Waals surface area contributed by atoms with E-state index in [1.165, 1.54) is 23.5 Å². The Morgan fingerprint density at radius 1 is 1.00 bits per heavy atom. The van der Waals surface area contributed by atoms with Crippen molar-refractivity contribution < 1.29 is 23.1 Å². The van der Waals surface area contributed by atoms with Gasteiger partial charge < -0.3 is 10.1 Å². The molecule has 0 aliphatic carbocycles. The minimum absolute atomic E-state index is 0.0156. The average molecular weight is 401 g/mol. The van der Waals surface area contributed by atoms with Gasteiger partial charge in [0.1, 0.15) is 5.75 Å². The summed E-state index contributed by atoms with van der Waals surface area (Å²) in [5, 5.41) is 4.60. The van der Waals surface area contributed by atoms with Crippen LogP contribution in [-0.2, 0) is 0 Å². The zero-order chi connectivity index (χ0) is 20.1. The second kappa shape index (κ2) is 8.75. The van der Waals surface area contributed by atoms with E-state index >= 15 is 0 Å². The maximum Gasteiger partial charge on any atom is 0.387 e. The van der Waals surface area contributed by atoms with Crippen LogP contribution in [0.5, 0.6) is 5.75 Å². The Bertz CT molecular complexity index is 973. The quantitative estimate of drug-likeness (QED) is 0.562. The number of benzene rings is 2. The van der Waals surface area contributed by atoms with Crippen LogP contribution in [0.25, 0.3) is 0 Å². The van der Waals surface area contributed by atoms with E-state index in [9.17, 15) is 18.4 Å². The first-order valence-electron chi connectivity index (χ1n) is 8.48. The number of carbonyl (C=O) groups is 2. The fourth-order valence-corrected chi connectivity index (χ4v) is 3.42. The number of ether oxygens (including phenoxy) is 1. The summed E-state index contributed by atoms with van der Waals surface area (Å²) < 4.78 is 29.2. The molecule has 0 saturated heterocycles. The fourth-order valence-electron chi connectivity index (χ4n) is 2.74. The lowest BCUT2D eigenvalue weighted by molar-refractivity contribution is -0.0499. The Kier molecular flexibility index (Phi) is 6.16. The van der Waals surface area contributed by atoms with Gasteiger partial charge in [0, 0.05) is 5.56 Å². The van der Waals surface area contributed by atoms with E-state index in [2.05, 4.69) is 10.1 Å². The predicted octanol–water partition coefficient (Wildman–Crippen LogP) is 5.07. The molecule has 3 rings (SSSR count). The molecule has 1 amide bonds. The predicted molar refractivity (Wildman–Crippen MR) is 103 cm³/mol. The number of carbonyl (C=O) groups excluding carboxylic acids is 2. The molecule has 2 aromatic carbocycles. The molecule has 1 N–H and O–H groups in total. The summed E-state index contributed by atoms with van der Waals surface area (Å²) in [6.07, 6.45) is 0. The lowest BCUT2D eigenvalue weighted by Gasteiger charge is -2.16. The van der Waals surface area contributed by atoms with Crippen molar-refractivity contribution in [2.75, 3.05) is 0 Å². The van der Waals surface area contributed by atoms with Crippen molar-refractivity contribution in [1.29, 1.82) is 0 Å². The Hall–Kier alpha value is -3.06. The van der Waals surface area contributed by atoms with Crippen molar-refractivity contribution in [3.05, 3.63) is 87.6 Å². The lowest BCUT2D eigenvalue weighted by atomic mass is 10.0. The molecular formula is C21H17F2NO3S. The average Bonchev–Trinajstić information content (AvgIpc) is 3.22. The van der Waals surface area contributed by atoms with Gasteiger partial charge in [0.25, 0.3) is 5.91 Å². The van der Waals surface area contributed by atoms with Crippen molar-refractivity contribution in [2.45, 2.75) is 19.6 Å². The molecule has 0 fully saturated rings. The van der Waals surface area contributed by atoms with E-state index in [4.69, 9.17) is 0 Å². The molecule has 0 bridgehead atoms. The van der Waals surface area contributed by atoms with Gasteiger partial charge in [-0.05, 0) is 42.1 Å². The second-order valence-electron chi connectivity index (χ2n) is 6.00. The molecule has 4 nitrogen and oxygen atoms in total. The number of alkyl halides is 2. The van der Waals surface area contributed by atoms with Crippen LogP contribution in [0, 0.1) is 0 Å². The summed E-state index contributed by atoms with van der Waals surface area (Å²) in [4.78, 5) is 26.0. The van der Waals surface area contributed by atoms with E-state index < -0.39 is 18.6 Å². The number of ketones is 1. The van der Waals surface area contributed by atoms with Crippen LogP contribution in [0.2, 0.25) is 0 Å². The molecule has 0 saturated carbocycles. The topological polar surface area (TPSA) is 55.4 Å². The van der Waals surface area contributed by atoms with Crippen LogP contribution < -0.4 is 10.1 Å². The minimum Gasteiger partial charge on any atom is -0.435 e. The van der Waals surface area contributed by atoms with Crippen molar-refractivity contribution in [3.8, 4) is 5.75 Å². The zero-order valence-corrected chi connectivity index (χ0v) is 15.7. The van der Waals surface area contributed by atoms with E-state index in [1.54, 1.807) is 60.8 Å². The van der Waals surface area contributed by atoms with Gasteiger partial charge in [-0.1, -0.05) is 36.4 Å². The van der Waals surface area contributed by atoms with Crippen molar-refractivity contribution >= 4 is 23.0 Å². The molecule has 1 unspecified atom stereocenters. The number of halogens is 2. The third kappa shape index (κ3) is 4.61. The van der Waals surface area contributed by atoms with Gasteiger partial charge in [0.2, 0.25) is 5.78 Å². The number of hydrogen-bond donors (Lipinski definition) is 1. The van der Waals surface area contributed by atoms with Gasteiger partial charge in [0.15, 0.2) is 0 Å². The highest BCUT2D eigenvalue weighted by Crippen LogP contribution is 2.22. The molecule has 0 spiro atoms. The fraction of sp³-hybridized carbons (Fsp3) is 0.143. The molecule has 28 heavy (non-hydrogen) atoms. The first-order chi connectivity index (χ1) is 13.5. The molecule has 0 aliphatic rings. The maximum absolute atomic E-state index is 12.8. The molecule has 0 aliphatic heterocycles. The summed E-state index contributed by atoms with van der Waals surface area (Å²) in [6.45, 7) is -1.20. The van der Waals surface area contributed by atoms with E-state index in [0.29, 0.717) is 16.0 Å². The highest BCUT2D eigenvalue weighted by atomic mass is 32.1. The standard InChI is InChI=1S/C21H17F2NO3S/c1-13(14-6-4-7-15(12-14)27-21(22)23)24-20(26)17-9-3-2-8-16(17)19(25)18-10-5-11-28-18/h2-13,21H,1H3,(H,24,26). The first kappa shape index (κ1) is 19.7. The number of thiophene rings is 1. The van der Waals surface area contributed by atoms with E-state index in [-0.39, 0.29) is 17.1 Å². The van der Waals surface area contributed by atoms with Gasteiger partial charge in [-0.25, -0.2) is 0 Å². The highest BCUT2D eigenvalue weighted by Gasteiger charge is 2.20. The maximum atomic E-state index is 12.8. The molecule has 3 aromatic rings. The molecule has 1 atom stereocenters. The smallest absolute Gasteiger partial charge is 0.387 e. The molecule has 1 heterocycles. The van der Waals surface area contributed by atoms with Crippen LogP contribution in [0.1, 0.15) is 44.1 Å². The minimum atomic E-state index is -2.92. The first-order valence-corrected chi connectivity index (χ1v) is 9.36. The third-order valence-corrected chi connectivity index (χ3v) is 4.96. The Labute approximate surface area is 164 Å². The van der Waals surface area contributed by atoms with Crippen molar-refractivity contribution in [1.82, 2.24) is 5.32 Å². The molecule has 7 heteroatoms. The highest BCUT2D eigenvalue weighted by molar-refractivity contribution is 7.12. The molecule has 1 aromatic heterocycles. The van der Waals surface area contributed by atoms with E-state index in [0.717, 1.165) is 0 Å². The van der Waals surface area contributed by atoms with Gasteiger partial charge in [-0.2, -0.15) is 8.78 Å². The second-order valence-corrected chi connectivity index (χ2v) is 6.95. The van der Waals surface area contributed by atoms with Crippen LogP contribution >= 0.6 is 11.3 Å². The van der Waals surface area contributed by atoms with Gasteiger partial charge >= 0.3 is 6.61 Å². The zero-order valence-electron chi connectivity index (χ0n) is 14.9.